The molecule has 4 heteroatoms. The van der Waals surface area contributed by atoms with Gasteiger partial charge in [-0.1, -0.05) is 6.07 Å². The molecule has 0 aliphatic heterocycles. The number of halogens is 1. The molecule has 0 spiro atoms. The first-order chi connectivity index (χ1) is 8.74. The summed E-state index contributed by atoms with van der Waals surface area (Å²) in [6.45, 7) is 0.474. The van der Waals surface area contributed by atoms with E-state index in [1.807, 2.05) is 6.07 Å². The van der Waals surface area contributed by atoms with Crippen LogP contribution in [0.2, 0.25) is 0 Å². The van der Waals surface area contributed by atoms with Gasteiger partial charge in [-0.3, -0.25) is 0 Å². The molecule has 18 heavy (non-hydrogen) atoms. The first-order valence-corrected chi connectivity index (χ1v) is 6.19. The lowest BCUT2D eigenvalue weighted by Crippen LogP contribution is -2.36. The summed E-state index contributed by atoms with van der Waals surface area (Å²) in [5.41, 5.74) is 0.947. The summed E-state index contributed by atoms with van der Waals surface area (Å²) >= 11 is 0. The zero-order valence-electron chi connectivity index (χ0n) is 10.4. The fourth-order valence-corrected chi connectivity index (χ4v) is 2.44. The highest BCUT2D eigenvalue weighted by molar-refractivity contribution is 5.32. The highest BCUT2D eigenvalue weighted by atomic mass is 19.1. The third-order valence-corrected chi connectivity index (χ3v) is 3.49. The molecule has 1 saturated carbocycles. The molecule has 2 unspecified atom stereocenters. The van der Waals surface area contributed by atoms with Crippen molar-refractivity contribution in [2.24, 2.45) is 0 Å². The monoisotopic (exact) mass is 248 g/mol. The van der Waals surface area contributed by atoms with Crippen LogP contribution in [-0.2, 0) is 11.3 Å². The maximum Gasteiger partial charge on any atom is 0.129 e. The van der Waals surface area contributed by atoms with E-state index in [0.717, 1.165) is 19.3 Å². The number of nitrogens with zero attached hydrogens (tertiary/aromatic N) is 1. The molecule has 0 aromatic heterocycles. The Labute approximate surface area is 107 Å². The van der Waals surface area contributed by atoms with Crippen molar-refractivity contribution in [1.29, 1.82) is 5.26 Å². The van der Waals surface area contributed by atoms with Gasteiger partial charge in [0.15, 0.2) is 0 Å². The van der Waals surface area contributed by atoms with Crippen molar-refractivity contribution in [1.82, 2.24) is 5.32 Å². The number of nitrogens with one attached hydrogen (secondary N) is 1. The molecule has 1 aliphatic rings. The third kappa shape index (κ3) is 2.87. The molecule has 0 saturated heterocycles. The van der Waals surface area contributed by atoms with E-state index in [1.165, 1.54) is 6.07 Å². The van der Waals surface area contributed by atoms with Crippen LogP contribution in [0.4, 0.5) is 4.39 Å². The molecule has 1 fully saturated rings. The molecule has 0 heterocycles. The van der Waals surface area contributed by atoms with Gasteiger partial charge in [0.1, 0.15) is 5.82 Å². The maximum absolute atomic E-state index is 13.7. The standard InChI is InChI=1S/C14H17FN2O/c1-18-14-4-2-3-13(14)17-9-11-6-5-10(8-16)7-12(11)15/h5-7,13-14,17H,2-4,9H2,1H3. The molecule has 1 aliphatic carbocycles. The Morgan fingerprint density at radius 2 is 2.33 bits per heavy atom. The Morgan fingerprint density at radius 1 is 1.50 bits per heavy atom. The normalized spacial score (nSPS) is 22.9. The smallest absolute Gasteiger partial charge is 0.129 e. The molecule has 2 rings (SSSR count). The highest BCUT2D eigenvalue weighted by Gasteiger charge is 2.26. The Bertz CT molecular complexity index is 456. The van der Waals surface area contributed by atoms with Crippen molar-refractivity contribution >= 4 is 0 Å². The van der Waals surface area contributed by atoms with Crippen molar-refractivity contribution in [3.8, 4) is 6.07 Å². The van der Waals surface area contributed by atoms with Crippen LogP contribution in [0, 0.1) is 17.1 Å². The average Bonchev–Trinajstić information content (AvgIpc) is 2.84. The number of hydrogen-bond acceptors (Lipinski definition) is 3. The van der Waals surface area contributed by atoms with Crippen LogP contribution < -0.4 is 5.32 Å². The predicted octanol–water partition coefficient (Wildman–Crippen LogP) is 2.35. The van der Waals surface area contributed by atoms with Crippen LogP contribution in [0.15, 0.2) is 18.2 Å². The van der Waals surface area contributed by atoms with Crippen LogP contribution in [-0.4, -0.2) is 19.3 Å². The molecule has 0 bridgehead atoms. The van der Waals surface area contributed by atoms with Crippen molar-refractivity contribution in [2.75, 3.05) is 7.11 Å². The summed E-state index contributed by atoms with van der Waals surface area (Å²) in [6.07, 6.45) is 3.50. The Hall–Kier alpha value is -1.44. The van der Waals surface area contributed by atoms with Gasteiger partial charge in [0.05, 0.1) is 17.7 Å². The van der Waals surface area contributed by atoms with Crippen molar-refractivity contribution in [2.45, 2.75) is 38.0 Å². The summed E-state index contributed by atoms with van der Waals surface area (Å²) in [5, 5.41) is 12.0. The van der Waals surface area contributed by atoms with Gasteiger partial charge in [-0.2, -0.15) is 5.26 Å². The molecule has 0 amide bonds. The summed E-state index contributed by atoms with van der Waals surface area (Å²) in [6, 6.07) is 6.81. The third-order valence-electron chi connectivity index (χ3n) is 3.49. The number of rotatable bonds is 4. The maximum atomic E-state index is 13.7. The van der Waals surface area contributed by atoms with E-state index in [1.54, 1.807) is 19.2 Å². The molecule has 0 radical (unpaired) electrons. The molecule has 1 aromatic rings. The second kappa shape index (κ2) is 5.94. The van der Waals surface area contributed by atoms with Gasteiger partial charge in [-0.15, -0.1) is 0 Å². The first kappa shape index (κ1) is 13.0. The number of methoxy groups -OCH3 is 1. The van der Waals surface area contributed by atoms with E-state index < -0.39 is 0 Å². The lowest BCUT2D eigenvalue weighted by molar-refractivity contribution is 0.0846. The first-order valence-electron chi connectivity index (χ1n) is 6.19. The fraction of sp³-hybridized carbons (Fsp3) is 0.500. The lowest BCUT2D eigenvalue weighted by Gasteiger charge is -2.19. The number of hydrogen-bond donors (Lipinski definition) is 1. The number of benzene rings is 1. The van der Waals surface area contributed by atoms with Gasteiger partial charge in [0, 0.05) is 25.3 Å². The molecular weight excluding hydrogens is 231 g/mol. The van der Waals surface area contributed by atoms with Gasteiger partial charge in [0.25, 0.3) is 0 Å². The van der Waals surface area contributed by atoms with Crippen LogP contribution in [0.1, 0.15) is 30.4 Å². The van der Waals surface area contributed by atoms with Gasteiger partial charge in [0.2, 0.25) is 0 Å². The van der Waals surface area contributed by atoms with Gasteiger partial charge < -0.3 is 10.1 Å². The number of ether oxygens (including phenoxy) is 1. The minimum Gasteiger partial charge on any atom is -0.380 e. The van der Waals surface area contributed by atoms with E-state index >= 15 is 0 Å². The van der Waals surface area contributed by atoms with Crippen LogP contribution in [0.3, 0.4) is 0 Å². The second-order valence-electron chi connectivity index (χ2n) is 4.61. The zero-order chi connectivity index (χ0) is 13.0. The Kier molecular flexibility index (Phi) is 4.29. The Balaban J connectivity index is 1.96. The summed E-state index contributed by atoms with van der Waals surface area (Å²) in [4.78, 5) is 0. The lowest BCUT2D eigenvalue weighted by atomic mass is 10.1. The minimum atomic E-state index is -0.325. The summed E-state index contributed by atoms with van der Waals surface area (Å²) < 4.78 is 19.0. The van der Waals surface area contributed by atoms with Crippen molar-refractivity contribution in [3.63, 3.8) is 0 Å². The predicted molar refractivity (Wildman–Crippen MR) is 66.4 cm³/mol. The molecule has 96 valence electrons. The SMILES string of the molecule is COC1CCCC1NCc1ccc(C#N)cc1F. The molecule has 3 nitrogen and oxygen atoms in total. The van der Waals surface area contributed by atoms with E-state index in [2.05, 4.69) is 5.32 Å². The minimum absolute atomic E-state index is 0.228. The van der Waals surface area contributed by atoms with Crippen LogP contribution in [0.5, 0.6) is 0 Å². The quantitative estimate of drug-likeness (QED) is 0.889. The Morgan fingerprint density at radius 3 is 3.00 bits per heavy atom. The highest BCUT2D eigenvalue weighted by Crippen LogP contribution is 2.22. The molecule has 1 aromatic carbocycles. The van der Waals surface area contributed by atoms with E-state index in [0.29, 0.717) is 23.7 Å². The van der Waals surface area contributed by atoms with Gasteiger partial charge in [-0.05, 0) is 31.4 Å². The van der Waals surface area contributed by atoms with Crippen molar-refractivity contribution in [3.05, 3.63) is 35.1 Å². The fourth-order valence-electron chi connectivity index (χ4n) is 2.44. The average molecular weight is 248 g/mol. The van der Waals surface area contributed by atoms with E-state index in [9.17, 15) is 4.39 Å². The van der Waals surface area contributed by atoms with Gasteiger partial charge >= 0.3 is 0 Å². The van der Waals surface area contributed by atoms with Crippen molar-refractivity contribution < 1.29 is 9.13 Å². The molecule has 2 atom stereocenters. The van der Waals surface area contributed by atoms with Crippen LogP contribution in [0.25, 0.3) is 0 Å². The molecular formula is C14H17FN2O. The summed E-state index contributed by atoms with van der Waals surface area (Å²) in [5.74, 6) is -0.325. The summed E-state index contributed by atoms with van der Waals surface area (Å²) in [7, 11) is 1.72. The topological polar surface area (TPSA) is 45.0 Å². The van der Waals surface area contributed by atoms with Gasteiger partial charge in [-0.25, -0.2) is 4.39 Å². The molecule has 1 N–H and O–H groups in total. The van der Waals surface area contributed by atoms with E-state index in [4.69, 9.17) is 10.00 Å². The van der Waals surface area contributed by atoms with E-state index in [-0.39, 0.29) is 11.9 Å². The second-order valence-corrected chi connectivity index (χ2v) is 4.61. The largest absolute Gasteiger partial charge is 0.380 e. The van der Waals surface area contributed by atoms with Crippen LogP contribution >= 0.6 is 0 Å². The zero-order valence-corrected chi connectivity index (χ0v) is 10.4. The number of nitriles is 1.